The van der Waals surface area contributed by atoms with Crippen LogP contribution >= 0.6 is 0 Å². The van der Waals surface area contributed by atoms with Crippen molar-refractivity contribution >= 4 is 5.97 Å². The van der Waals surface area contributed by atoms with Gasteiger partial charge in [-0.05, 0) is 24.7 Å². The van der Waals surface area contributed by atoms with E-state index < -0.39 is 0 Å². The summed E-state index contributed by atoms with van der Waals surface area (Å²) in [5.74, 6) is 0.775. The van der Waals surface area contributed by atoms with Crippen LogP contribution in [-0.4, -0.2) is 25.3 Å². The van der Waals surface area contributed by atoms with E-state index in [-0.39, 0.29) is 18.0 Å². The Hall–Kier alpha value is -0.570. The molecular weight excluding hydrogens is 204 g/mol. The van der Waals surface area contributed by atoms with E-state index in [2.05, 4.69) is 27.7 Å². The summed E-state index contributed by atoms with van der Waals surface area (Å²) in [4.78, 5) is 11.9. The van der Waals surface area contributed by atoms with Gasteiger partial charge >= 0.3 is 5.97 Å². The van der Waals surface area contributed by atoms with E-state index in [1.54, 1.807) is 0 Å². The predicted octanol–water partition coefficient (Wildman–Crippen LogP) is 2.64. The Labute approximate surface area is 98.5 Å². The van der Waals surface area contributed by atoms with Gasteiger partial charge in [0.05, 0.1) is 5.92 Å². The maximum absolute atomic E-state index is 11.9. The third-order valence-electron chi connectivity index (χ3n) is 3.12. The molecule has 0 radical (unpaired) electrons. The van der Waals surface area contributed by atoms with Gasteiger partial charge in [0.1, 0.15) is 6.10 Å². The van der Waals surface area contributed by atoms with Crippen molar-refractivity contribution in [2.75, 3.05) is 13.2 Å². The zero-order valence-electron chi connectivity index (χ0n) is 10.9. The van der Waals surface area contributed by atoms with Gasteiger partial charge in [-0.1, -0.05) is 27.7 Å². The van der Waals surface area contributed by atoms with E-state index in [0.29, 0.717) is 25.0 Å². The minimum absolute atomic E-state index is 0.0318. The fourth-order valence-electron chi connectivity index (χ4n) is 2.21. The fraction of sp³-hybridized carbons (Fsp3) is 0.923. The molecule has 3 nitrogen and oxygen atoms in total. The van der Waals surface area contributed by atoms with Crippen molar-refractivity contribution in [1.82, 2.24) is 0 Å². The highest BCUT2D eigenvalue weighted by atomic mass is 16.5. The Bertz CT molecular complexity index is 209. The first-order chi connectivity index (χ1) is 7.52. The Morgan fingerprint density at radius 2 is 1.62 bits per heavy atom. The molecule has 0 aromatic rings. The van der Waals surface area contributed by atoms with E-state index in [1.807, 2.05) is 0 Å². The quantitative estimate of drug-likeness (QED) is 0.694. The molecule has 1 rings (SSSR count). The van der Waals surface area contributed by atoms with Crippen LogP contribution < -0.4 is 0 Å². The van der Waals surface area contributed by atoms with Gasteiger partial charge in [-0.2, -0.15) is 0 Å². The second kappa shape index (κ2) is 6.24. The van der Waals surface area contributed by atoms with E-state index in [0.717, 1.165) is 12.8 Å². The number of carbonyl (C=O) groups excluding carboxylic acids is 1. The molecule has 0 amide bonds. The summed E-state index contributed by atoms with van der Waals surface area (Å²) in [5.41, 5.74) is 0. The maximum atomic E-state index is 11.9. The molecule has 0 atom stereocenters. The van der Waals surface area contributed by atoms with Crippen LogP contribution in [0.15, 0.2) is 0 Å². The smallest absolute Gasteiger partial charge is 0.309 e. The van der Waals surface area contributed by atoms with Crippen LogP contribution in [0.2, 0.25) is 0 Å². The Kier molecular flexibility index (Phi) is 5.26. The average Bonchev–Trinajstić information content (AvgIpc) is 2.25. The molecule has 16 heavy (non-hydrogen) atoms. The predicted molar refractivity (Wildman–Crippen MR) is 63.1 cm³/mol. The van der Waals surface area contributed by atoms with Gasteiger partial charge in [0.25, 0.3) is 0 Å². The lowest BCUT2D eigenvalue weighted by molar-refractivity contribution is -0.162. The first-order valence-electron chi connectivity index (χ1n) is 6.30. The monoisotopic (exact) mass is 228 g/mol. The molecule has 0 aromatic carbocycles. The van der Waals surface area contributed by atoms with Gasteiger partial charge in [-0.3, -0.25) is 4.79 Å². The SMILES string of the molecule is CC(C)C(OC(=O)C1CCOCC1)C(C)C. The van der Waals surface area contributed by atoms with Gasteiger partial charge in [-0.15, -0.1) is 0 Å². The third kappa shape index (κ3) is 3.78. The standard InChI is InChI=1S/C13H24O3/c1-9(2)12(10(3)4)16-13(14)11-5-7-15-8-6-11/h9-12H,5-8H2,1-4H3. The summed E-state index contributed by atoms with van der Waals surface area (Å²) in [6.07, 6.45) is 1.65. The second-order valence-corrected chi connectivity index (χ2v) is 5.28. The maximum Gasteiger partial charge on any atom is 0.309 e. The van der Waals surface area contributed by atoms with Crippen LogP contribution in [0.3, 0.4) is 0 Å². The molecular formula is C13H24O3. The molecule has 0 spiro atoms. The molecule has 3 heteroatoms. The molecule has 0 N–H and O–H groups in total. The molecule has 1 aliphatic rings. The third-order valence-corrected chi connectivity index (χ3v) is 3.12. The molecule has 0 aromatic heterocycles. The minimum Gasteiger partial charge on any atom is -0.462 e. The highest BCUT2D eigenvalue weighted by molar-refractivity contribution is 5.72. The van der Waals surface area contributed by atoms with Crippen LogP contribution in [0.1, 0.15) is 40.5 Å². The first-order valence-corrected chi connectivity index (χ1v) is 6.30. The first kappa shape index (κ1) is 13.5. The van der Waals surface area contributed by atoms with Crippen LogP contribution in [0.4, 0.5) is 0 Å². The van der Waals surface area contributed by atoms with Crippen molar-refractivity contribution in [3.63, 3.8) is 0 Å². The fourth-order valence-corrected chi connectivity index (χ4v) is 2.21. The number of carbonyl (C=O) groups is 1. The van der Waals surface area contributed by atoms with E-state index >= 15 is 0 Å². The van der Waals surface area contributed by atoms with Crippen molar-refractivity contribution in [3.05, 3.63) is 0 Å². The van der Waals surface area contributed by atoms with Gasteiger partial charge in [0, 0.05) is 13.2 Å². The van der Waals surface area contributed by atoms with Crippen molar-refractivity contribution in [2.24, 2.45) is 17.8 Å². The molecule has 0 bridgehead atoms. The van der Waals surface area contributed by atoms with Gasteiger partial charge in [0.2, 0.25) is 0 Å². The molecule has 1 fully saturated rings. The van der Waals surface area contributed by atoms with Gasteiger partial charge < -0.3 is 9.47 Å². The number of hydrogen-bond acceptors (Lipinski definition) is 3. The van der Waals surface area contributed by atoms with Crippen molar-refractivity contribution in [2.45, 2.75) is 46.6 Å². The van der Waals surface area contributed by atoms with Crippen LogP contribution in [0, 0.1) is 17.8 Å². The molecule has 1 aliphatic heterocycles. The average molecular weight is 228 g/mol. The molecule has 0 unspecified atom stereocenters. The van der Waals surface area contributed by atoms with E-state index in [4.69, 9.17) is 9.47 Å². The molecule has 1 saturated heterocycles. The topological polar surface area (TPSA) is 35.5 Å². The minimum atomic E-state index is -0.0318. The summed E-state index contributed by atoms with van der Waals surface area (Å²) in [5, 5.41) is 0. The normalized spacial score (nSPS) is 18.4. The molecule has 94 valence electrons. The largest absolute Gasteiger partial charge is 0.462 e. The summed E-state index contributed by atoms with van der Waals surface area (Å²) in [6.45, 7) is 9.77. The Balaban J connectivity index is 2.47. The van der Waals surface area contributed by atoms with Crippen LogP contribution in [-0.2, 0) is 14.3 Å². The zero-order chi connectivity index (χ0) is 12.1. The number of hydrogen-bond donors (Lipinski definition) is 0. The summed E-state index contributed by atoms with van der Waals surface area (Å²) in [6, 6.07) is 0. The van der Waals surface area contributed by atoms with E-state index in [1.165, 1.54) is 0 Å². The highest BCUT2D eigenvalue weighted by Gasteiger charge is 2.28. The van der Waals surface area contributed by atoms with Crippen molar-refractivity contribution in [3.8, 4) is 0 Å². The summed E-state index contributed by atoms with van der Waals surface area (Å²) >= 11 is 0. The number of esters is 1. The van der Waals surface area contributed by atoms with Crippen LogP contribution in [0.25, 0.3) is 0 Å². The van der Waals surface area contributed by atoms with Crippen LogP contribution in [0.5, 0.6) is 0 Å². The lowest BCUT2D eigenvalue weighted by atomic mass is 9.95. The van der Waals surface area contributed by atoms with Gasteiger partial charge in [-0.25, -0.2) is 0 Å². The summed E-state index contributed by atoms with van der Waals surface area (Å²) in [7, 11) is 0. The Morgan fingerprint density at radius 3 is 2.06 bits per heavy atom. The molecule has 0 saturated carbocycles. The number of ether oxygens (including phenoxy) is 2. The van der Waals surface area contributed by atoms with E-state index in [9.17, 15) is 4.79 Å². The lowest BCUT2D eigenvalue weighted by Gasteiger charge is -2.28. The number of rotatable bonds is 4. The summed E-state index contributed by atoms with van der Waals surface area (Å²) < 4.78 is 10.9. The van der Waals surface area contributed by atoms with Crippen molar-refractivity contribution < 1.29 is 14.3 Å². The van der Waals surface area contributed by atoms with Gasteiger partial charge in [0.15, 0.2) is 0 Å². The highest BCUT2D eigenvalue weighted by Crippen LogP contribution is 2.22. The zero-order valence-corrected chi connectivity index (χ0v) is 10.9. The molecule has 1 heterocycles. The Morgan fingerprint density at radius 1 is 1.12 bits per heavy atom. The second-order valence-electron chi connectivity index (χ2n) is 5.28. The molecule has 0 aliphatic carbocycles. The van der Waals surface area contributed by atoms with Crippen molar-refractivity contribution in [1.29, 1.82) is 0 Å². The lowest BCUT2D eigenvalue weighted by Crippen LogP contribution is -2.33.